The molecule has 0 saturated heterocycles. The van der Waals surface area contributed by atoms with Crippen molar-refractivity contribution in [1.29, 1.82) is 0 Å². The maximum absolute atomic E-state index is 0. The summed E-state index contributed by atoms with van der Waals surface area (Å²) in [5, 5.41) is 0. The molecular weight excluding hydrogens is 316 g/mol. The van der Waals surface area contributed by atoms with E-state index in [1.54, 1.807) is 0 Å². The van der Waals surface area contributed by atoms with E-state index in [0.29, 0.717) is 0 Å². The summed E-state index contributed by atoms with van der Waals surface area (Å²) in [7, 11) is 0. The number of halogens is 5. The Kier molecular flexibility index (Phi) is 581. The monoisotopic (exact) mass is 316 g/mol. The minimum atomic E-state index is 0. The summed E-state index contributed by atoms with van der Waals surface area (Å²) in [6.45, 7) is 0. The van der Waals surface area contributed by atoms with E-state index < -0.39 is 0 Å². The molecule has 0 fully saturated rings. The van der Waals surface area contributed by atoms with Crippen LogP contribution in [0.3, 0.4) is 0 Å². The third kappa shape index (κ3) is 30.3. The zero-order valence-electron chi connectivity index (χ0n) is 2.53. The van der Waals surface area contributed by atoms with E-state index in [-0.39, 0.29) is 97.6 Å². The van der Waals surface area contributed by atoms with E-state index in [1.807, 2.05) is 0 Å². The standard InChI is InChI=1S/5ClH.La/h5*1H;/q;;;;;+3/p-3. The Balaban J connectivity index is 0. The van der Waals surface area contributed by atoms with E-state index in [9.17, 15) is 0 Å². The van der Waals surface area contributed by atoms with E-state index in [1.165, 1.54) is 0 Å². The van der Waals surface area contributed by atoms with Gasteiger partial charge in [0.1, 0.15) is 0 Å². The summed E-state index contributed by atoms with van der Waals surface area (Å²) in [5.74, 6) is 0. The largest absolute Gasteiger partial charge is 3.00 e. The zero-order valence-corrected chi connectivity index (χ0v) is 10.1. The summed E-state index contributed by atoms with van der Waals surface area (Å²) in [6.07, 6.45) is 0. The van der Waals surface area contributed by atoms with E-state index in [2.05, 4.69) is 0 Å². The van der Waals surface area contributed by atoms with Crippen molar-refractivity contribution in [2.75, 3.05) is 0 Å². The van der Waals surface area contributed by atoms with Crippen LogP contribution in [-0.2, 0) is 0 Å². The second-order valence-electron chi connectivity index (χ2n) is 0. The fraction of sp³-hybridized carbons (Fsp3) is 0. The van der Waals surface area contributed by atoms with Crippen LogP contribution in [0.5, 0.6) is 0 Å². The fourth-order valence-electron chi connectivity index (χ4n) is 0. The summed E-state index contributed by atoms with van der Waals surface area (Å²) in [4.78, 5) is 0. The first-order valence-electron chi connectivity index (χ1n) is 0. The van der Waals surface area contributed by atoms with Crippen molar-refractivity contribution in [2.24, 2.45) is 0 Å². The third-order valence-electron chi connectivity index (χ3n) is 0. The average Bonchev–Trinajstić information content (AvgIpc) is 0. The Labute approximate surface area is 96.2 Å². The van der Waals surface area contributed by atoms with Crippen molar-refractivity contribution < 1.29 is 72.8 Å². The van der Waals surface area contributed by atoms with Gasteiger partial charge in [-0.25, -0.2) is 0 Å². The Morgan fingerprint density at radius 1 is 0.500 bits per heavy atom. The van der Waals surface area contributed by atoms with Crippen molar-refractivity contribution in [1.82, 2.24) is 0 Å². The molecule has 0 aliphatic heterocycles. The molecule has 0 aliphatic rings. The molecule has 0 atom stereocenters. The van der Waals surface area contributed by atoms with Gasteiger partial charge in [0.25, 0.3) is 0 Å². The smallest absolute Gasteiger partial charge is 1.00 e. The Morgan fingerprint density at radius 2 is 0.500 bits per heavy atom. The topological polar surface area (TPSA) is 0 Å². The molecule has 0 spiro atoms. The predicted octanol–water partition coefficient (Wildman–Crippen LogP) is -8.14. The maximum Gasteiger partial charge on any atom is 3.00 e. The number of rotatable bonds is 0. The molecule has 0 aromatic rings. The van der Waals surface area contributed by atoms with Crippen LogP contribution in [0.4, 0.5) is 0 Å². The van der Waals surface area contributed by atoms with Gasteiger partial charge in [-0.1, -0.05) is 0 Å². The third-order valence-corrected chi connectivity index (χ3v) is 0. The van der Waals surface area contributed by atoms with Gasteiger partial charge in [-0.05, 0) is 0 Å². The summed E-state index contributed by atoms with van der Waals surface area (Å²) in [6, 6.07) is 0. The van der Waals surface area contributed by atoms with Gasteiger partial charge in [0.15, 0.2) is 0 Å². The minimum absolute atomic E-state index is 0. The van der Waals surface area contributed by atoms with Gasteiger partial charge >= 0.3 is 35.6 Å². The van der Waals surface area contributed by atoms with Crippen molar-refractivity contribution in [3.05, 3.63) is 0 Å². The SMILES string of the molecule is Cl.Cl.[Cl-].[Cl-].[Cl-].[La+3]. The van der Waals surface area contributed by atoms with Crippen LogP contribution in [-0.4, -0.2) is 0 Å². The molecule has 0 aromatic carbocycles. The number of hydrogen-bond donors (Lipinski definition) is 0. The molecule has 0 aromatic heterocycles. The molecule has 0 bridgehead atoms. The Bertz CT molecular complexity index is 3.90. The van der Waals surface area contributed by atoms with Crippen LogP contribution in [0.2, 0.25) is 0 Å². The molecule has 0 amide bonds. The van der Waals surface area contributed by atoms with E-state index in [0.717, 1.165) is 0 Å². The quantitative estimate of drug-likeness (QED) is 0.416. The van der Waals surface area contributed by atoms with Gasteiger partial charge in [0, 0.05) is 0 Å². The van der Waals surface area contributed by atoms with Gasteiger partial charge in [-0.3, -0.25) is 0 Å². The van der Waals surface area contributed by atoms with E-state index in [4.69, 9.17) is 0 Å². The van der Waals surface area contributed by atoms with Crippen LogP contribution < -0.4 is 37.2 Å². The van der Waals surface area contributed by atoms with Crippen LogP contribution >= 0.6 is 24.8 Å². The molecule has 0 N–H and O–H groups in total. The Morgan fingerprint density at radius 3 is 0.500 bits per heavy atom. The number of hydrogen-bond acceptors (Lipinski definition) is 0. The van der Waals surface area contributed by atoms with Gasteiger partial charge in [-0.15, -0.1) is 24.8 Å². The van der Waals surface area contributed by atoms with Crippen LogP contribution in [0, 0.1) is 35.6 Å². The first-order valence-corrected chi connectivity index (χ1v) is 0. The van der Waals surface area contributed by atoms with Crippen LogP contribution in [0.1, 0.15) is 0 Å². The molecule has 0 rings (SSSR count). The molecule has 40 valence electrons. The summed E-state index contributed by atoms with van der Waals surface area (Å²) < 4.78 is 0. The first-order chi connectivity index (χ1) is 0. The van der Waals surface area contributed by atoms with E-state index >= 15 is 0 Å². The average molecular weight is 318 g/mol. The molecule has 0 radical (unpaired) electrons. The fourth-order valence-corrected chi connectivity index (χ4v) is 0. The molecule has 0 aliphatic carbocycles. The van der Waals surface area contributed by atoms with Gasteiger partial charge in [0.2, 0.25) is 0 Å². The molecule has 0 saturated carbocycles. The van der Waals surface area contributed by atoms with Gasteiger partial charge in [0.05, 0.1) is 0 Å². The van der Waals surface area contributed by atoms with Crippen molar-refractivity contribution in [3.63, 3.8) is 0 Å². The Hall–Kier alpha value is 2.64. The predicted molar refractivity (Wildman–Crippen MR) is 14.5 cm³/mol. The molecule has 6 heteroatoms. The minimum Gasteiger partial charge on any atom is -1.00 e. The molecule has 0 unspecified atom stereocenters. The van der Waals surface area contributed by atoms with Crippen molar-refractivity contribution in [3.8, 4) is 0 Å². The van der Waals surface area contributed by atoms with Gasteiger partial charge < -0.3 is 37.2 Å². The normalized spacial score (nSPS) is 0. The molecular formula is H2Cl5La. The van der Waals surface area contributed by atoms with Gasteiger partial charge in [-0.2, -0.15) is 0 Å². The summed E-state index contributed by atoms with van der Waals surface area (Å²) in [5.41, 5.74) is 0. The van der Waals surface area contributed by atoms with Crippen LogP contribution in [0.25, 0.3) is 0 Å². The van der Waals surface area contributed by atoms with Crippen molar-refractivity contribution in [2.45, 2.75) is 0 Å². The zero-order chi connectivity index (χ0) is 0. The summed E-state index contributed by atoms with van der Waals surface area (Å²) >= 11 is 0. The second-order valence-corrected chi connectivity index (χ2v) is 0. The maximum atomic E-state index is 0. The molecule has 0 nitrogen and oxygen atoms in total. The molecule has 6 heavy (non-hydrogen) atoms. The second kappa shape index (κ2) is 48.3. The first kappa shape index (κ1) is 72.2. The molecule has 0 heterocycles. The van der Waals surface area contributed by atoms with Crippen LogP contribution in [0.15, 0.2) is 0 Å². The van der Waals surface area contributed by atoms with Crippen molar-refractivity contribution >= 4 is 24.8 Å².